The quantitative estimate of drug-likeness (QED) is 0.678. The zero-order valence-corrected chi connectivity index (χ0v) is 14.0. The highest BCUT2D eigenvalue weighted by molar-refractivity contribution is 6.00. The largest absolute Gasteiger partial charge is 0.323 e. The van der Waals surface area contributed by atoms with Gasteiger partial charge in [-0.2, -0.15) is 9.50 Å². The van der Waals surface area contributed by atoms with Crippen molar-refractivity contribution < 1.29 is 9.18 Å². The molecule has 0 aliphatic heterocycles. The number of hydrogen-bond donors (Lipinski definition) is 3. The standard InChI is InChI=1S/C16H17FN6O2/c1-4-12-13(14(24)23-15(20-12)18-9(3)22-23)21-16(25)19-10-6-5-8(2)11(17)7-10/h5-7H,4H2,1-3H3,(H,18,20,22)(H2,19,21,25). The number of H-pyrrole nitrogens is 1. The van der Waals surface area contributed by atoms with Crippen molar-refractivity contribution in [2.24, 2.45) is 0 Å². The summed E-state index contributed by atoms with van der Waals surface area (Å²) in [5.74, 6) is 0.345. The fourth-order valence-corrected chi connectivity index (χ4v) is 2.39. The molecule has 2 heterocycles. The van der Waals surface area contributed by atoms with Crippen molar-refractivity contribution in [3.05, 3.63) is 51.5 Å². The number of anilines is 2. The molecule has 0 saturated carbocycles. The Balaban J connectivity index is 1.91. The molecule has 3 N–H and O–H groups in total. The fraction of sp³-hybridized carbons (Fsp3) is 0.250. The number of amides is 2. The molecule has 0 aliphatic rings. The van der Waals surface area contributed by atoms with E-state index in [1.54, 1.807) is 26.0 Å². The van der Waals surface area contributed by atoms with Crippen LogP contribution >= 0.6 is 0 Å². The summed E-state index contributed by atoms with van der Waals surface area (Å²) in [7, 11) is 0. The second kappa shape index (κ2) is 6.34. The van der Waals surface area contributed by atoms with E-state index in [2.05, 4.69) is 25.7 Å². The van der Waals surface area contributed by atoms with Crippen LogP contribution in [0.2, 0.25) is 0 Å². The van der Waals surface area contributed by atoms with Gasteiger partial charge in [-0.3, -0.25) is 9.89 Å². The summed E-state index contributed by atoms with van der Waals surface area (Å²) in [6, 6.07) is 3.68. The zero-order chi connectivity index (χ0) is 18.1. The third-order valence-electron chi connectivity index (χ3n) is 3.68. The molecule has 0 radical (unpaired) electrons. The van der Waals surface area contributed by atoms with Gasteiger partial charge in [-0.05, 0) is 38.0 Å². The Labute approximate surface area is 142 Å². The van der Waals surface area contributed by atoms with E-state index >= 15 is 0 Å². The topological polar surface area (TPSA) is 104 Å². The first kappa shape index (κ1) is 16.6. The summed E-state index contributed by atoms with van der Waals surface area (Å²) in [6.45, 7) is 5.14. The number of aryl methyl sites for hydroxylation is 3. The molecule has 8 nitrogen and oxygen atoms in total. The molecule has 130 valence electrons. The SMILES string of the molecule is CCc1nc2nc(C)[nH]n2c(=O)c1NC(=O)Nc1ccc(C)c(F)c1. The Bertz CT molecular complexity index is 1020. The normalized spacial score (nSPS) is 10.9. The van der Waals surface area contributed by atoms with E-state index in [4.69, 9.17) is 0 Å². The van der Waals surface area contributed by atoms with Gasteiger partial charge >= 0.3 is 6.03 Å². The number of fused-ring (bicyclic) bond motifs is 1. The number of hydrogen-bond acceptors (Lipinski definition) is 4. The number of halogens is 1. The van der Waals surface area contributed by atoms with Crippen LogP contribution in [0, 0.1) is 19.7 Å². The number of rotatable bonds is 3. The van der Waals surface area contributed by atoms with Gasteiger partial charge in [-0.1, -0.05) is 13.0 Å². The lowest BCUT2D eigenvalue weighted by atomic mass is 10.2. The van der Waals surface area contributed by atoms with Crippen molar-refractivity contribution in [1.82, 2.24) is 19.6 Å². The molecular weight excluding hydrogens is 327 g/mol. The van der Waals surface area contributed by atoms with Crippen LogP contribution in [0.1, 0.15) is 24.0 Å². The van der Waals surface area contributed by atoms with Crippen LogP contribution in [0.15, 0.2) is 23.0 Å². The molecule has 0 atom stereocenters. The molecule has 0 bridgehead atoms. The van der Waals surface area contributed by atoms with E-state index in [1.165, 1.54) is 6.07 Å². The summed E-state index contributed by atoms with van der Waals surface area (Å²) >= 11 is 0. The lowest BCUT2D eigenvalue weighted by Gasteiger charge is -2.10. The summed E-state index contributed by atoms with van der Waals surface area (Å²) in [5.41, 5.74) is 0.759. The highest BCUT2D eigenvalue weighted by Crippen LogP contribution is 2.15. The molecule has 2 amide bonds. The maximum absolute atomic E-state index is 13.6. The second-order valence-corrected chi connectivity index (χ2v) is 5.58. The molecule has 0 aliphatic carbocycles. The van der Waals surface area contributed by atoms with Crippen LogP contribution in [-0.2, 0) is 6.42 Å². The van der Waals surface area contributed by atoms with Crippen molar-refractivity contribution in [3.8, 4) is 0 Å². The van der Waals surface area contributed by atoms with E-state index in [9.17, 15) is 14.0 Å². The van der Waals surface area contributed by atoms with E-state index in [1.807, 2.05) is 6.92 Å². The van der Waals surface area contributed by atoms with Gasteiger partial charge in [0.2, 0.25) is 0 Å². The number of urea groups is 1. The van der Waals surface area contributed by atoms with Gasteiger partial charge in [0, 0.05) is 5.69 Å². The van der Waals surface area contributed by atoms with E-state index in [0.29, 0.717) is 23.5 Å². The maximum Gasteiger partial charge on any atom is 0.323 e. The van der Waals surface area contributed by atoms with Crippen LogP contribution in [-0.4, -0.2) is 25.6 Å². The molecule has 2 aromatic heterocycles. The minimum atomic E-state index is -0.659. The molecule has 0 unspecified atom stereocenters. The molecule has 0 spiro atoms. The van der Waals surface area contributed by atoms with E-state index < -0.39 is 17.4 Å². The first-order valence-corrected chi connectivity index (χ1v) is 7.71. The Morgan fingerprint density at radius 2 is 2.04 bits per heavy atom. The number of nitrogens with zero attached hydrogens (tertiary/aromatic N) is 3. The van der Waals surface area contributed by atoms with Crippen molar-refractivity contribution in [2.75, 3.05) is 10.6 Å². The predicted molar refractivity (Wildman–Crippen MR) is 91.5 cm³/mol. The molecular formula is C16H17FN6O2. The van der Waals surface area contributed by atoms with Gasteiger partial charge in [-0.25, -0.2) is 14.2 Å². The third kappa shape index (κ3) is 3.21. The van der Waals surface area contributed by atoms with Crippen LogP contribution < -0.4 is 16.2 Å². The fourth-order valence-electron chi connectivity index (χ4n) is 2.39. The van der Waals surface area contributed by atoms with Crippen molar-refractivity contribution >= 4 is 23.2 Å². The van der Waals surface area contributed by atoms with Crippen LogP contribution in [0.5, 0.6) is 0 Å². The molecule has 9 heteroatoms. The molecule has 0 saturated heterocycles. The van der Waals surface area contributed by atoms with Gasteiger partial charge in [-0.15, -0.1) is 0 Å². The molecule has 3 aromatic rings. The van der Waals surface area contributed by atoms with Crippen LogP contribution in [0.4, 0.5) is 20.6 Å². The van der Waals surface area contributed by atoms with Gasteiger partial charge in [0.25, 0.3) is 11.3 Å². The highest BCUT2D eigenvalue weighted by atomic mass is 19.1. The Morgan fingerprint density at radius 3 is 2.72 bits per heavy atom. The number of carbonyl (C=O) groups excluding carboxylic acids is 1. The second-order valence-electron chi connectivity index (χ2n) is 5.58. The van der Waals surface area contributed by atoms with Gasteiger partial charge < -0.3 is 10.6 Å². The lowest BCUT2D eigenvalue weighted by Crippen LogP contribution is -2.28. The zero-order valence-electron chi connectivity index (χ0n) is 14.0. The first-order valence-electron chi connectivity index (χ1n) is 7.71. The number of aromatic amines is 1. The lowest BCUT2D eigenvalue weighted by molar-refractivity contribution is 0.262. The monoisotopic (exact) mass is 344 g/mol. The summed E-state index contributed by atoms with van der Waals surface area (Å²) < 4.78 is 14.7. The molecule has 0 fully saturated rings. The van der Waals surface area contributed by atoms with Gasteiger partial charge in [0.15, 0.2) is 0 Å². The average Bonchev–Trinajstić information content (AvgIpc) is 2.94. The molecule has 1 aromatic carbocycles. The number of aromatic nitrogens is 4. The number of nitrogens with one attached hydrogen (secondary N) is 3. The highest BCUT2D eigenvalue weighted by Gasteiger charge is 2.16. The minimum absolute atomic E-state index is 0.0498. The Morgan fingerprint density at radius 1 is 1.28 bits per heavy atom. The van der Waals surface area contributed by atoms with E-state index in [0.717, 1.165) is 4.52 Å². The Hall–Kier alpha value is -3.23. The minimum Gasteiger partial charge on any atom is -0.308 e. The van der Waals surface area contributed by atoms with Crippen molar-refractivity contribution in [2.45, 2.75) is 27.2 Å². The third-order valence-corrected chi connectivity index (χ3v) is 3.68. The van der Waals surface area contributed by atoms with Gasteiger partial charge in [0.1, 0.15) is 17.3 Å². The van der Waals surface area contributed by atoms with Crippen LogP contribution in [0.25, 0.3) is 5.78 Å². The average molecular weight is 344 g/mol. The van der Waals surface area contributed by atoms with Crippen molar-refractivity contribution in [1.29, 1.82) is 0 Å². The van der Waals surface area contributed by atoms with Crippen LogP contribution in [0.3, 0.4) is 0 Å². The smallest absolute Gasteiger partial charge is 0.308 e. The first-order chi connectivity index (χ1) is 11.9. The van der Waals surface area contributed by atoms with Crippen molar-refractivity contribution in [3.63, 3.8) is 0 Å². The Kier molecular flexibility index (Phi) is 4.22. The maximum atomic E-state index is 13.6. The number of benzene rings is 1. The predicted octanol–water partition coefficient (Wildman–Crippen LogP) is 2.38. The number of carbonyl (C=O) groups is 1. The summed E-state index contributed by atoms with van der Waals surface area (Å²) in [4.78, 5) is 33.1. The molecule has 3 rings (SSSR count). The summed E-state index contributed by atoms with van der Waals surface area (Å²) in [5, 5.41) is 7.76. The summed E-state index contributed by atoms with van der Waals surface area (Å²) in [6.07, 6.45) is 0.437. The van der Waals surface area contributed by atoms with Gasteiger partial charge in [0.05, 0.1) is 5.69 Å². The van der Waals surface area contributed by atoms with E-state index in [-0.39, 0.29) is 17.2 Å². The molecule has 25 heavy (non-hydrogen) atoms.